The van der Waals surface area contributed by atoms with Crippen LogP contribution >= 0.6 is 11.6 Å². The number of halogens is 1. The highest BCUT2D eigenvalue weighted by atomic mass is 35.5. The molecule has 3 nitrogen and oxygen atoms in total. The molecule has 0 N–H and O–H groups in total. The molecule has 2 rings (SSSR count). The largest absolute Gasteiger partial charge is 0.243 e. The van der Waals surface area contributed by atoms with Gasteiger partial charge in [0.2, 0.25) is 10.0 Å². The second kappa shape index (κ2) is 4.29. The molecule has 0 aliphatic heterocycles. The monoisotopic (exact) mass is 269 g/mol. The number of hydrogen-bond donors (Lipinski definition) is 0. The zero-order chi connectivity index (χ0) is 12.6. The van der Waals surface area contributed by atoms with Crippen molar-refractivity contribution in [2.45, 2.75) is 4.90 Å². The van der Waals surface area contributed by atoms with Gasteiger partial charge < -0.3 is 0 Å². The van der Waals surface area contributed by atoms with Crippen LogP contribution in [0.1, 0.15) is 0 Å². The number of benzene rings is 2. The molecule has 0 aliphatic carbocycles. The van der Waals surface area contributed by atoms with Crippen LogP contribution in [0.2, 0.25) is 5.02 Å². The molecule has 2 aromatic carbocycles. The average Bonchev–Trinajstić information content (AvgIpc) is 2.29. The summed E-state index contributed by atoms with van der Waals surface area (Å²) in [7, 11) is -0.420. The van der Waals surface area contributed by atoms with Gasteiger partial charge in [-0.1, -0.05) is 35.9 Å². The van der Waals surface area contributed by atoms with Gasteiger partial charge in [0.05, 0.1) is 4.90 Å². The molecule has 0 spiro atoms. The molecule has 0 bridgehead atoms. The maximum absolute atomic E-state index is 12.1. The molecule has 2 aromatic rings. The van der Waals surface area contributed by atoms with Crippen molar-refractivity contribution >= 4 is 32.4 Å². The molecule has 5 heteroatoms. The Morgan fingerprint density at radius 1 is 1.00 bits per heavy atom. The Balaban J connectivity index is 2.86. The summed E-state index contributed by atoms with van der Waals surface area (Å²) in [6, 6.07) is 10.4. The van der Waals surface area contributed by atoms with E-state index in [2.05, 4.69) is 0 Å². The minimum absolute atomic E-state index is 0.280. The van der Waals surface area contributed by atoms with Crippen LogP contribution in [-0.2, 0) is 10.0 Å². The summed E-state index contributed by atoms with van der Waals surface area (Å²) < 4.78 is 25.5. The predicted molar refractivity (Wildman–Crippen MR) is 69.8 cm³/mol. The van der Waals surface area contributed by atoms with Crippen LogP contribution in [0.5, 0.6) is 0 Å². The lowest BCUT2D eigenvalue weighted by atomic mass is 10.1. The van der Waals surface area contributed by atoms with Crippen molar-refractivity contribution in [2.24, 2.45) is 0 Å². The van der Waals surface area contributed by atoms with E-state index in [0.29, 0.717) is 10.4 Å². The van der Waals surface area contributed by atoms with E-state index in [1.165, 1.54) is 18.4 Å². The first-order chi connectivity index (χ1) is 7.94. The van der Waals surface area contributed by atoms with Gasteiger partial charge in [-0.15, -0.1) is 0 Å². The smallest absolute Gasteiger partial charge is 0.207 e. The molecular formula is C12H12ClNO2S. The highest BCUT2D eigenvalue weighted by Gasteiger charge is 2.20. The predicted octanol–water partition coefficient (Wildman–Crippen LogP) is 2.74. The molecule has 0 aromatic heterocycles. The summed E-state index contributed by atoms with van der Waals surface area (Å²) >= 11 is 6.05. The Kier molecular flexibility index (Phi) is 3.12. The molecule has 0 fully saturated rings. The summed E-state index contributed by atoms with van der Waals surface area (Å²) in [5, 5.41) is 1.95. The lowest BCUT2D eigenvalue weighted by molar-refractivity contribution is 0.521. The highest BCUT2D eigenvalue weighted by molar-refractivity contribution is 7.89. The van der Waals surface area contributed by atoms with Crippen LogP contribution in [0, 0.1) is 0 Å². The second-order valence-corrected chi connectivity index (χ2v) is 6.41. The minimum atomic E-state index is -3.45. The Bertz CT molecular complexity index is 665. The fourth-order valence-electron chi connectivity index (χ4n) is 1.66. The van der Waals surface area contributed by atoms with Crippen LogP contribution in [0.3, 0.4) is 0 Å². The summed E-state index contributed by atoms with van der Waals surface area (Å²) in [6.07, 6.45) is 0. The van der Waals surface area contributed by atoms with Gasteiger partial charge in [-0.05, 0) is 12.1 Å². The third-order valence-corrected chi connectivity index (χ3v) is 4.79. The summed E-state index contributed by atoms with van der Waals surface area (Å²) in [4.78, 5) is 0.280. The van der Waals surface area contributed by atoms with E-state index in [1.54, 1.807) is 24.3 Å². The van der Waals surface area contributed by atoms with E-state index < -0.39 is 10.0 Å². The van der Waals surface area contributed by atoms with Crippen LogP contribution in [0.4, 0.5) is 0 Å². The van der Waals surface area contributed by atoms with Gasteiger partial charge in [-0.2, -0.15) is 0 Å². The third-order valence-electron chi connectivity index (χ3n) is 2.59. The fourth-order valence-corrected chi connectivity index (χ4v) is 2.97. The van der Waals surface area contributed by atoms with Crippen molar-refractivity contribution in [3.8, 4) is 0 Å². The van der Waals surface area contributed by atoms with E-state index in [4.69, 9.17) is 11.6 Å². The van der Waals surface area contributed by atoms with E-state index in [9.17, 15) is 8.42 Å². The molecule has 0 aliphatic rings. The molecular weight excluding hydrogens is 258 g/mol. The Morgan fingerprint density at radius 2 is 1.59 bits per heavy atom. The Labute approximate surface area is 106 Å². The van der Waals surface area contributed by atoms with Crippen molar-refractivity contribution in [1.29, 1.82) is 0 Å². The molecule has 0 atom stereocenters. The van der Waals surface area contributed by atoms with Crippen molar-refractivity contribution in [3.63, 3.8) is 0 Å². The number of fused-ring (bicyclic) bond motifs is 1. The first kappa shape index (κ1) is 12.4. The van der Waals surface area contributed by atoms with Gasteiger partial charge in [0.25, 0.3) is 0 Å². The van der Waals surface area contributed by atoms with Gasteiger partial charge >= 0.3 is 0 Å². The van der Waals surface area contributed by atoms with Crippen LogP contribution in [-0.4, -0.2) is 26.8 Å². The van der Waals surface area contributed by atoms with E-state index in [1.807, 2.05) is 12.1 Å². The zero-order valence-electron chi connectivity index (χ0n) is 9.51. The molecule has 90 valence electrons. The summed E-state index contributed by atoms with van der Waals surface area (Å²) in [5.41, 5.74) is 0. The van der Waals surface area contributed by atoms with Crippen molar-refractivity contribution in [3.05, 3.63) is 41.4 Å². The van der Waals surface area contributed by atoms with Crippen LogP contribution in [0.15, 0.2) is 41.3 Å². The number of rotatable bonds is 2. The van der Waals surface area contributed by atoms with Crippen molar-refractivity contribution in [2.75, 3.05) is 14.1 Å². The molecule has 0 heterocycles. The summed E-state index contributed by atoms with van der Waals surface area (Å²) in [6.45, 7) is 0. The second-order valence-electron chi connectivity index (χ2n) is 3.88. The minimum Gasteiger partial charge on any atom is -0.207 e. The lowest BCUT2D eigenvalue weighted by Crippen LogP contribution is -2.22. The standard InChI is InChI=1S/C12H12ClNO2S/c1-14(2)17(15,16)12-8-7-11(13)9-5-3-4-6-10(9)12/h3-8H,1-2H3. The van der Waals surface area contributed by atoms with E-state index in [0.717, 1.165) is 5.39 Å². The molecule has 0 unspecified atom stereocenters. The van der Waals surface area contributed by atoms with Crippen LogP contribution < -0.4 is 0 Å². The summed E-state index contributed by atoms with van der Waals surface area (Å²) in [5.74, 6) is 0. The average molecular weight is 270 g/mol. The number of nitrogens with zero attached hydrogens (tertiary/aromatic N) is 1. The van der Waals surface area contributed by atoms with E-state index in [-0.39, 0.29) is 4.90 Å². The maximum atomic E-state index is 12.1. The van der Waals surface area contributed by atoms with Gasteiger partial charge in [0, 0.05) is 29.9 Å². The van der Waals surface area contributed by atoms with Crippen molar-refractivity contribution in [1.82, 2.24) is 4.31 Å². The fraction of sp³-hybridized carbons (Fsp3) is 0.167. The SMILES string of the molecule is CN(C)S(=O)(=O)c1ccc(Cl)c2ccccc12. The lowest BCUT2D eigenvalue weighted by Gasteiger charge is -2.14. The number of hydrogen-bond acceptors (Lipinski definition) is 2. The van der Waals surface area contributed by atoms with Gasteiger partial charge in [-0.3, -0.25) is 0 Å². The first-order valence-electron chi connectivity index (χ1n) is 5.04. The Morgan fingerprint density at radius 3 is 2.18 bits per heavy atom. The quantitative estimate of drug-likeness (QED) is 0.841. The molecule has 0 saturated heterocycles. The topological polar surface area (TPSA) is 37.4 Å². The normalized spacial score (nSPS) is 12.2. The van der Waals surface area contributed by atoms with Gasteiger partial charge in [0.1, 0.15) is 0 Å². The maximum Gasteiger partial charge on any atom is 0.243 e. The first-order valence-corrected chi connectivity index (χ1v) is 6.86. The third kappa shape index (κ3) is 2.04. The molecule has 17 heavy (non-hydrogen) atoms. The molecule has 0 radical (unpaired) electrons. The Hall–Kier alpha value is -1.10. The highest BCUT2D eigenvalue weighted by Crippen LogP contribution is 2.30. The molecule has 0 saturated carbocycles. The molecule has 0 amide bonds. The zero-order valence-corrected chi connectivity index (χ0v) is 11.1. The van der Waals surface area contributed by atoms with Gasteiger partial charge in [-0.25, -0.2) is 12.7 Å². The van der Waals surface area contributed by atoms with Gasteiger partial charge in [0.15, 0.2) is 0 Å². The number of sulfonamides is 1. The van der Waals surface area contributed by atoms with E-state index >= 15 is 0 Å². The van der Waals surface area contributed by atoms with Crippen LogP contribution in [0.25, 0.3) is 10.8 Å². The van der Waals surface area contributed by atoms with Crippen molar-refractivity contribution < 1.29 is 8.42 Å².